The Morgan fingerprint density at radius 3 is 2.57 bits per heavy atom. The first-order valence-electron chi connectivity index (χ1n) is 11.2. The molecule has 1 spiro atoms. The number of likely N-dealkylation sites (tertiary alicyclic amines) is 1. The van der Waals surface area contributed by atoms with Crippen LogP contribution in [0.25, 0.3) is 0 Å². The minimum Gasteiger partial charge on any atom is -0.353 e. The van der Waals surface area contributed by atoms with Gasteiger partial charge in [0, 0.05) is 45.3 Å². The molecular weight excluding hydrogens is 378 g/mol. The lowest BCUT2D eigenvalue weighted by Crippen LogP contribution is -2.49. The monoisotopic (exact) mass is 411 g/mol. The van der Waals surface area contributed by atoms with E-state index in [0.717, 1.165) is 24.6 Å². The van der Waals surface area contributed by atoms with Crippen LogP contribution in [0.5, 0.6) is 0 Å². The summed E-state index contributed by atoms with van der Waals surface area (Å²) in [5.74, 6) is 0.783. The molecule has 0 aromatic heterocycles. The average molecular weight is 412 g/mol. The van der Waals surface area contributed by atoms with Gasteiger partial charge in [-0.25, -0.2) is 0 Å². The molecule has 30 heavy (non-hydrogen) atoms. The Labute approximate surface area is 178 Å². The lowest BCUT2D eigenvalue weighted by atomic mass is 9.73. The fraction of sp³-hybridized carbons (Fsp3) is 0.609. The second-order valence-corrected chi connectivity index (χ2v) is 8.91. The largest absolute Gasteiger partial charge is 0.353 e. The van der Waals surface area contributed by atoms with Crippen molar-refractivity contribution < 1.29 is 9.59 Å². The van der Waals surface area contributed by atoms with E-state index < -0.39 is 0 Å². The van der Waals surface area contributed by atoms with Crippen molar-refractivity contribution in [1.82, 2.24) is 20.4 Å². The first-order valence-corrected chi connectivity index (χ1v) is 11.2. The van der Waals surface area contributed by atoms with Crippen LogP contribution in [-0.2, 0) is 11.3 Å². The van der Waals surface area contributed by atoms with Crippen LogP contribution in [-0.4, -0.2) is 67.3 Å². The minimum atomic E-state index is -0.0984. The highest BCUT2D eigenvalue weighted by molar-refractivity contribution is 5.97. The van der Waals surface area contributed by atoms with Crippen molar-refractivity contribution in [2.24, 2.45) is 10.4 Å². The Balaban J connectivity index is 1.31. The van der Waals surface area contributed by atoms with E-state index >= 15 is 0 Å². The Kier molecular flexibility index (Phi) is 6.25. The Morgan fingerprint density at radius 2 is 1.87 bits per heavy atom. The van der Waals surface area contributed by atoms with E-state index in [1.165, 1.54) is 38.5 Å². The van der Waals surface area contributed by atoms with Crippen LogP contribution in [0, 0.1) is 5.41 Å². The maximum Gasteiger partial charge on any atom is 0.254 e. The van der Waals surface area contributed by atoms with Crippen molar-refractivity contribution in [3.05, 3.63) is 35.4 Å². The van der Waals surface area contributed by atoms with Crippen molar-refractivity contribution in [3.63, 3.8) is 0 Å². The fourth-order valence-electron chi connectivity index (χ4n) is 5.10. The van der Waals surface area contributed by atoms with Gasteiger partial charge in [0.2, 0.25) is 5.91 Å². The van der Waals surface area contributed by atoms with Crippen molar-refractivity contribution in [2.75, 3.05) is 39.8 Å². The van der Waals surface area contributed by atoms with E-state index in [4.69, 9.17) is 0 Å². The minimum absolute atomic E-state index is 0.0879. The van der Waals surface area contributed by atoms with Gasteiger partial charge >= 0.3 is 0 Å². The molecule has 1 saturated carbocycles. The number of piperazine rings is 1. The number of rotatable bonds is 3. The number of carbonyl (C=O) groups excluding carboxylic acids is 2. The highest BCUT2D eigenvalue weighted by Crippen LogP contribution is 2.43. The zero-order chi connectivity index (χ0) is 21.0. The summed E-state index contributed by atoms with van der Waals surface area (Å²) in [6.07, 6.45) is 8.11. The summed E-state index contributed by atoms with van der Waals surface area (Å²) in [7, 11) is 1.85. The molecule has 1 aromatic rings. The number of nitrogens with zero attached hydrogens (tertiary/aromatic N) is 3. The van der Waals surface area contributed by atoms with Gasteiger partial charge in [-0.3, -0.25) is 14.6 Å². The van der Waals surface area contributed by atoms with E-state index in [1.807, 2.05) is 31.3 Å². The molecule has 1 aliphatic carbocycles. The smallest absolute Gasteiger partial charge is 0.254 e. The number of benzene rings is 1. The molecule has 0 unspecified atom stereocenters. The predicted molar refractivity (Wildman–Crippen MR) is 117 cm³/mol. The van der Waals surface area contributed by atoms with Gasteiger partial charge in [0.15, 0.2) is 5.96 Å². The molecule has 3 aliphatic rings. The third kappa shape index (κ3) is 4.60. The quantitative estimate of drug-likeness (QED) is 0.589. The summed E-state index contributed by atoms with van der Waals surface area (Å²) in [6, 6.07) is 7.65. The number of hydrogen-bond donors (Lipinski definition) is 2. The van der Waals surface area contributed by atoms with E-state index in [-0.39, 0.29) is 18.4 Å². The molecule has 7 nitrogen and oxygen atoms in total. The van der Waals surface area contributed by atoms with Crippen molar-refractivity contribution >= 4 is 17.8 Å². The van der Waals surface area contributed by atoms with Crippen LogP contribution in [0.4, 0.5) is 0 Å². The summed E-state index contributed by atoms with van der Waals surface area (Å²) in [5.41, 5.74) is 2.23. The van der Waals surface area contributed by atoms with Crippen LogP contribution < -0.4 is 10.6 Å². The number of hydrogen-bond acceptors (Lipinski definition) is 3. The highest BCUT2D eigenvalue weighted by atomic mass is 16.2. The average Bonchev–Trinajstić information content (AvgIpc) is 3.17. The highest BCUT2D eigenvalue weighted by Gasteiger charge is 2.39. The molecule has 1 aromatic carbocycles. The number of guanidine groups is 1. The number of carbonyl (C=O) groups is 2. The summed E-state index contributed by atoms with van der Waals surface area (Å²) in [4.78, 5) is 32.6. The van der Waals surface area contributed by atoms with Crippen molar-refractivity contribution in [2.45, 2.75) is 45.1 Å². The second kappa shape index (κ2) is 9.06. The molecule has 3 fully saturated rings. The lowest BCUT2D eigenvalue weighted by molar-refractivity contribution is -0.123. The van der Waals surface area contributed by atoms with Gasteiger partial charge in [0.25, 0.3) is 5.91 Å². The van der Waals surface area contributed by atoms with Gasteiger partial charge in [0.1, 0.15) is 0 Å². The van der Waals surface area contributed by atoms with Gasteiger partial charge < -0.3 is 20.4 Å². The van der Waals surface area contributed by atoms with E-state index in [0.29, 0.717) is 30.6 Å². The molecule has 162 valence electrons. The van der Waals surface area contributed by atoms with Gasteiger partial charge in [-0.05, 0) is 42.4 Å². The molecule has 2 amide bonds. The zero-order valence-electron chi connectivity index (χ0n) is 18.0. The van der Waals surface area contributed by atoms with Gasteiger partial charge in [-0.15, -0.1) is 0 Å². The molecular formula is C23H33N5O2. The molecule has 2 heterocycles. The Bertz CT molecular complexity index is 798. The van der Waals surface area contributed by atoms with Crippen LogP contribution in [0.15, 0.2) is 29.3 Å². The standard InChI is InChI=1S/C23H33N5O2/c1-24-22(28-13-11-23(17-28)9-3-2-4-10-23)26-15-18-5-7-19(8-6-18)21(30)27-14-12-25-20(29)16-27/h5-8H,2-4,9-17H2,1H3,(H,24,26)(H,25,29). The SMILES string of the molecule is CN=C(NCc1ccc(C(=O)N2CCNC(=O)C2)cc1)N1CCC2(CCCCC2)C1. The van der Waals surface area contributed by atoms with Gasteiger partial charge in [0.05, 0.1) is 6.54 Å². The van der Waals surface area contributed by atoms with Crippen LogP contribution in [0.1, 0.15) is 54.4 Å². The maximum atomic E-state index is 12.6. The zero-order valence-corrected chi connectivity index (χ0v) is 18.0. The predicted octanol–water partition coefficient (Wildman–Crippen LogP) is 1.99. The molecule has 4 rings (SSSR count). The summed E-state index contributed by atoms with van der Waals surface area (Å²) in [5, 5.41) is 6.24. The van der Waals surface area contributed by atoms with Crippen LogP contribution in [0.3, 0.4) is 0 Å². The van der Waals surface area contributed by atoms with Crippen LogP contribution in [0.2, 0.25) is 0 Å². The van der Waals surface area contributed by atoms with Crippen molar-refractivity contribution in [1.29, 1.82) is 0 Å². The third-order valence-corrected chi connectivity index (χ3v) is 6.84. The maximum absolute atomic E-state index is 12.6. The number of amides is 2. The Morgan fingerprint density at radius 1 is 1.10 bits per heavy atom. The first-order chi connectivity index (χ1) is 14.6. The van der Waals surface area contributed by atoms with Gasteiger partial charge in [-0.1, -0.05) is 31.4 Å². The normalized spacial score (nSPS) is 21.6. The summed E-state index contributed by atoms with van der Waals surface area (Å²) < 4.78 is 0. The molecule has 0 bridgehead atoms. The fourth-order valence-corrected chi connectivity index (χ4v) is 5.10. The number of nitrogens with one attached hydrogen (secondary N) is 2. The number of aliphatic imine (C=N–C) groups is 1. The molecule has 0 radical (unpaired) electrons. The van der Waals surface area contributed by atoms with E-state index in [9.17, 15) is 9.59 Å². The molecule has 0 atom stereocenters. The lowest BCUT2D eigenvalue weighted by Gasteiger charge is -2.33. The van der Waals surface area contributed by atoms with Crippen molar-refractivity contribution in [3.8, 4) is 0 Å². The second-order valence-electron chi connectivity index (χ2n) is 8.91. The van der Waals surface area contributed by atoms with E-state index in [1.54, 1.807) is 4.90 Å². The van der Waals surface area contributed by atoms with Gasteiger partial charge in [-0.2, -0.15) is 0 Å². The summed E-state index contributed by atoms with van der Waals surface area (Å²) >= 11 is 0. The molecule has 2 aliphatic heterocycles. The van der Waals surface area contributed by atoms with Crippen LogP contribution >= 0.6 is 0 Å². The first kappa shape index (κ1) is 20.7. The van der Waals surface area contributed by atoms with E-state index in [2.05, 4.69) is 20.5 Å². The molecule has 2 N–H and O–H groups in total. The topological polar surface area (TPSA) is 77.0 Å². The molecule has 7 heteroatoms. The third-order valence-electron chi connectivity index (χ3n) is 6.84. The molecule has 2 saturated heterocycles. The summed E-state index contributed by atoms with van der Waals surface area (Å²) in [6.45, 7) is 4.08. The Hall–Kier alpha value is -2.57.